The van der Waals surface area contributed by atoms with Gasteiger partial charge in [-0.1, -0.05) is 18.2 Å². The lowest BCUT2D eigenvalue weighted by atomic mass is 10.2. The van der Waals surface area contributed by atoms with E-state index >= 15 is 0 Å². The Morgan fingerprint density at radius 3 is 2.73 bits per heavy atom. The van der Waals surface area contributed by atoms with Gasteiger partial charge in [-0.25, -0.2) is 0 Å². The summed E-state index contributed by atoms with van der Waals surface area (Å²) < 4.78 is 11.0. The van der Waals surface area contributed by atoms with Gasteiger partial charge in [-0.3, -0.25) is 4.21 Å². The minimum absolute atomic E-state index is 0.190. The zero-order chi connectivity index (χ0) is 11.3. The van der Waals surface area contributed by atoms with Crippen LogP contribution in [0.5, 0.6) is 5.75 Å². The lowest BCUT2D eigenvalue weighted by molar-refractivity contribution is 0.461. The molecular formula is C11H17NO2S. The number of para-hydroxylation sites is 1. The van der Waals surface area contributed by atoms with Gasteiger partial charge in [0.2, 0.25) is 0 Å². The van der Waals surface area contributed by atoms with Crippen molar-refractivity contribution in [2.45, 2.75) is 19.5 Å². The molecular weight excluding hydrogens is 210 g/mol. The largest absolute Gasteiger partial charge is 0.508 e. The van der Waals surface area contributed by atoms with Crippen LogP contribution in [-0.4, -0.2) is 27.4 Å². The number of hydrogen-bond acceptors (Lipinski definition) is 3. The number of nitrogens with one attached hydrogen (secondary N) is 1. The molecule has 3 nitrogen and oxygen atoms in total. The molecule has 0 radical (unpaired) electrons. The molecule has 0 aliphatic heterocycles. The average Bonchev–Trinajstić information content (AvgIpc) is 2.15. The van der Waals surface area contributed by atoms with Crippen LogP contribution in [0.3, 0.4) is 0 Å². The second-order valence-electron chi connectivity index (χ2n) is 3.65. The highest BCUT2D eigenvalue weighted by atomic mass is 32.2. The second kappa shape index (κ2) is 5.88. The Hall–Kier alpha value is -0.870. The fourth-order valence-electron chi connectivity index (χ4n) is 1.36. The molecule has 84 valence electrons. The molecule has 15 heavy (non-hydrogen) atoms. The third-order valence-electron chi connectivity index (χ3n) is 2.12. The SMILES string of the molecule is CC(CS(C)=O)NCc1ccccc1O. The summed E-state index contributed by atoms with van der Waals surface area (Å²) in [6.07, 6.45) is 1.69. The predicted octanol–water partition coefficient (Wildman–Crippen LogP) is 1.25. The number of phenols is 1. The van der Waals surface area contributed by atoms with Crippen molar-refractivity contribution >= 4 is 10.8 Å². The van der Waals surface area contributed by atoms with E-state index in [0.717, 1.165) is 5.56 Å². The molecule has 0 saturated heterocycles. The first kappa shape index (κ1) is 12.2. The summed E-state index contributed by atoms with van der Waals surface area (Å²) >= 11 is 0. The quantitative estimate of drug-likeness (QED) is 0.796. The number of rotatable bonds is 5. The van der Waals surface area contributed by atoms with E-state index in [2.05, 4.69) is 5.32 Å². The molecule has 0 heterocycles. The fourth-order valence-corrected chi connectivity index (χ4v) is 2.18. The van der Waals surface area contributed by atoms with Crippen LogP contribution >= 0.6 is 0 Å². The van der Waals surface area contributed by atoms with Crippen LogP contribution in [0.25, 0.3) is 0 Å². The van der Waals surface area contributed by atoms with E-state index in [1.54, 1.807) is 18.4 Å². The minimum atomic E-state index is -0.784. The van der Waals surface area contributed by atoms with Crippen molar-refractivity contribution in [3.63, 3.8) is 0 Å². The van der Waals surface area contributed by atoms with Crippen LogP contribution in [0.2, 0.25) is 0 Å². The van der Waals surface area contributed by atoms with Crippen LogP contribution in [0, 0.1) is 0 Å². The van der Waals surface area contributed by atoms with E-state index in [4.69, 9.17) is 0 Å². The highest BCUT2D eigenvalue weighted by Gasteiger charge is 2.05. The standard InChI is InChI=1S/C11H17NO2S/c1-9(8-15(2)14)12-7-10-5-3-4-6-11(10)13/h3-6,9,12-13H,7-8H2,1-2H3. The smallest absolute Gasteiger partial charge is 0.120 e. The minimum Gasteiger partial charge on any atom is -0.508 e. The molecule has 0 amide bonds. The Morgan fingerprint density at radius 1 is 1.47 bits per heavy atom. The lowest BCUT2D eigenvalue weighted by Gasteiger charge is -2.12. The number of phenolic OH excluding ortho intramolecular Hbond substituents is 1. The van der Waals surface area contributed by atoms with E-state index in [1.165, 1.54) is 0 Å². The first-order chi connectivity index (χ1) is 7.09. The summed E-state index contributed by atoms with van der Waals surface area (Å²) in [5.41, 5.74) is 0.867. The average molecular weight is 227 g/mol. The van der Waals surface area contributed by atoms with Crippen LogP contribution in [0.1, 0.15) is 12.5 Å². The van der Waals surface area contributed by atoms with Crippen LogP contribution in [0.4, 0.5) is 0 Å². The Bertz CT molecular complexity index is 341. The normalized spacial score (nSPS) is 14.8. The number of aromatic hydroxyl groups is 1. The van der Waals surface area contributed by atoms with Gasteiger partial charge < -0.3 is 10.4 Å². The van der Waals surface area contributed by atoms with Gasteiger partial charge >= 0.3 is 0 Å². The van der Waals surface area contributed by atoms with Gasteiger partial charge in [0.15, 0.2) is 0 Å². The van der Waals surface area contributed by atoms with Crippen molar-refractivity contribution in [2.24, 2.45) is 0 Å². The van der Waals surface area contributed by atoms with Gasteiger partial charge in [0.25, 0.3) is 0 Å². The monoisotopic (exact) mass is 227 g/mol. The van der Waals surface area contributed by atoms with E-state index < -0.39 is 10.8 Å². The van der Waals surface area contributed by atoms with Crippen molar-refractivity contribution < 1.29 is 9.32 Å². The highest BCUT2D eigenvalue weighted by molar-refractivity contribution is 7.84. The molecule has 2 N–H and O–H groups in total. The molecule has 2 atom stereocenters. The van der Waals surface area contributed by atoms with Gasteiger partial charge in [-0.05, 0) is 13.0 Å². The maximum atomic E-state index is 11.0. The van der Waals surface area contributed by atoms with Gasteiger partial charge in [0.05, 0.1) is 0 Å². The summed E-state index contributed by atoms with van der Waals surface area (Å²) in [4.78, 5) is 0. The molecule has 0 aliphatic rings. The van der Waals surface area contributed by atoms with Crippen molar-refractivity contribution in [2.75, 3.05) is 12.0 Å². The Labute approximate surface area is 93.0 Å². The zero-order valence-corrected chi connectivity index (χ0v) is 9.88. The van der Waals surface area contributed by atoms with Gasteiger partial charge in [0.1, 0.15) is 5.75 Å². The van der Waals surface area contributed by atoms with Crippen LogP contribution < -0.4 is 5.32 Å². The molecule has 4 heteroatoms. The summed E-state index contributed by atoms with van der Waals surface area (Å²) in [6.45, 7) is 2.59. The maximum absolute atomic E-state index is 11.0. The van der Waals surface area contributed by atoms with E-state index in [1.807, 2.05) is 19.1 Å². The first-order valence-electron chi connectivity index (χ1n) is 4.90. The molecule has 1 aromatic carbocycles. The third-order valence-corrected chi connectivity index (χ3v) is 3.09. The Morgan fingerprint density at radius 2 is 2.13 bits per heavy atom. The molecule has 1 rings (SSSR count). The van der Waals surface area contributed by atoms with E-state index in [0.29, 0.717) is 18.0 Å². The summed E-state index contributed by atoms with van der Waals surface area (Å²) in [5, 5.41) is 12.7. The van der Waals surface area contributed by atoms with Gasteiger partial charge in [-0.15, -0.1) is 0 Å². The highest BCUT2D eigenvalue weighted by Crippen LogP contribution is 2.14. The second-order valence-corrected chi connectivity index (χ2v) is 5.13. The molecule has 0 bridgehead atoms. The molecule has 0 aromatic heterocycles. The summed E-state index contributed by atoms with van der Waals surface area (Å²) in [7, 11) is -0.784. The lowest BCUT2D eigenvalue weighted by Crippen LogP contribution is -2.30. The summed E-state index contributed by atoms with van der Waals surface area (Å²) in [5.74, 6) is 0.933. The van der Waals surface area contributed by atoms with Gasteiger partial charge in [0, 0.05) is 41.0 Å². The van der Waals surface area contributed by atoms with Crippen molar-refractivity contribution in [3.05, 3.63) is 29.8 Å². The Kier molecular flexibility index (Phi) is 4.78. The third kappa shape index (κ3) is 4.44. The molecule has 0 saturated carbocycles. The van der Waals surface area contributed by atoms with E-state index in [9.17, 15) is 9.32 Å². The molecule has 1 aromatic rings. The van der Waals surface area contributed by atoms with Crippen LogP contribution in [0.15, 0.2) is 24.3 Å². The topological polar surface area (TPSA) is 49.3 Å². The van der Waals surface area contributed by atoms with Crippen molar-refractivity contribution in [3.8, 4) is 5.75 Å². The zero-order valence-electron chi connectivity index (χ0n) is 9.06. The van der Waals surface area contributed by atoms with Crippen molar-refractivity contribution in [1.82, 2.24) is 5.32 Å². The molecule has 0 aliphatic carbocycles. The maximum Gasteiger partial charge on any atom is 0.120 e. The fraction of sp³-hybridized carbons (Fsp3) is 0.455. The number of benzene rings is 1. The van der Waals surface area contributed by atoms with Crippen LogP contribution in [-0.2, 0) is 17.3 Å². The number of hydrogen-bond donors (Lipinski definition) is 2. The Balaban J connectivity index is 2.43. The molecule has 2 unspecified atom stereocenters. The first-order valence-corrected chi connectivity index (χ1v) is 6.62. The predicted molar refractivity (Wildman–Crippen MR) is 63.3 cm³/mol. The van der Waals surface area contributed by atoms with Crippen molar-refractivity contribution in [1.29, 1.82) is 0 Å². The molecule has 0 fully saturated rings. The summed E-state index contributed by atoms with van der Waals surface area (Å²) in [6, 6.07) is 7.41. The van der Waals surface area contributed by atoms with Gasteiger partial charge in [-0.2, -0.15) is 0 Å². The van der Waals surface area contributed by atoms with E-state index in [-0.39, 0.29) is 6.04 Å². The molecule has 0 spiro atoms.